The van der Waals surface area contributed by atoms with Crippen molar-refractivity contribution in [2.24, 2.45) is 0 Å². The monoisotopic (exact) mass is 400 g/mol. The van der Waals surface area contributed by atoms with Crippen LogP contribution in [-0.4, -0.2) is 51.2 Å². The van der Waals surface area contributed by atoms with Gasteiger partial charge in [-0.05, 0) is 23.8 Å². The molecular weight excluding hydrogens is 373 g/mol. The molecular formula is C22H27FN3O3+. The van der Waals surface area contributed by atoms with Gasteiger partial charge in [0.1, 0.15) is 18.9 Å². The van der Waals surface area contributed by atoms with Crippen LogP contribution in [0.5, 0.6) is 0 Å². The van der Waals surface area contributed by atoms with E-state index in [1.165, 1.54) is 11.0 Å². The highest BCUT2D eigenvalue weighted by Gasteiger charge is 2.16. The molecule has 3 N–H and O–H groups in total. The number of para-hydroxylation sites is 1. The molecule has 0 spiro atoms. The minimum atomic E-state index is -0.420. The number of benzene rings is 2. The molecule has 1 heterocycles. The van der Waals surface area contributed by atoms with Gasteiger partial charge in [-0.1, -0.05) is 30.3 Å². The number of quaternary nitrogens is 1. The van der Waals surface area contributed by atoms with Crippen LogP contribution in [0.3, 0.4) is 0 Å². The maximum absolute atomic E-state index is 13.8. The molecule has 7 heteroatoms. The first-order valence-electron chi connectivity index (χ1n) is 9.95. The summed E-state index contributed by atoms with van der Waals surface area (Å²) in [5, 5.41) is 5.64. The van der Waals surface area contributed by atoms with Crippen molar-refractivity contribution in [2.75, 3.05) is 44.7 Å². The number of anilines is 1. The van der Waals surface area contributed by atoms with Crippen molar-refractivity contribution in [3.8, 4) is 0 Å². The number of amides is 2. The molecule has 1 fully saturated rings. The number of rotatable bonds is 8. The average Bonchev–Trinajstić information content (AvgIpc) is 2.74. The molecule has 0 aliphatic carbocycles. The lowest BCUT2D eigenvalue weighted by Gasteiger charge is -2.23. The Morgan fingerprint density at radius 3 is 2.55 bits per heavy atom. The molecule has 0 radical (unpaired) electrons. The van der Waals surface area contributed by atoms with Gasteiger partial charge in [-0.15, -0.1) is 0 Å². The highest BCUT2D eigenvalue weighted by molar-refractivity contribution is 6.04. The van der Waals surface area contributed by atoms with Gasteiger partial charge < -0.3 is 20.3 Å². The van der Waals surface area contributed by atoms with Gasteiger partial charge in [0, 0.05) is 13.0 Å². The number of nitrogens with one attached hydrogen (secondary N) is 3. The van der Waals surface area contributed by atoms with Crippen LogP contribution in [0.4, 0.5) is 10.1 Å². The molecule has 2 aromatic rings. The van der Waals surface area contributed by atoms with E-state index in [9.17, 15) is 14.0 Å². The van der Waals surface area contributed by atoms with Crippen LogP contribution in [-0.2, 0) is 16.0 Å². The van der Waals surface area contributed by atoms with Crippen molar-refractivity contribution in [1.82, 2.24) is 5.32 Å². The molecule has 1 aliphatic heterocycles. The van der Waals surface area contributed by atoms with Gasteiger partial charge in [-0.3, -0.25) is 9.59 Å². The molecule has 1 saturated heterocycles. The first-order valence-corrected chi connectivity index (χ1v) is 9.95. The first-order chi connectivity index (χ1) is 14.1. The number of hydrogen-bond donors (Lipinski definition) is 3. The molecule has 154 valence electrons. The van der Waals surface area contributed by atoms with Crippen LogP contribution in [0.15, 0.2) is 48.5 Å². The molecule has 3 rings (SSSR count). The summed E-state index contributed by atoms with van der Waals surface area (Å²) in [6.45, 7) is 5.16. The van der Waals surface area contributed by atoms with E-state index < -0.39 is 5.82 Å². The fraction of sp³-hybridized carbons (Fsp3) is 0.364. The SMILES string of the molecule is O=C(Cc1ccccc1F)Nc1ccccc1C(=O)NCCC[NH+]1CCOCC1. The Morgan fingerprint density at radius 2 is 1.76 bits per heavy atom. The van der Waals surface area contributed by atoms with E-state index >= 15 is 0 Å². The Labute approximate surface area is 170 Å². The van der Waals surface area contributed by atoms with E-state index in [-0.39, 0.29) is 18.2 Å². The van der Waals surface area contributed by atoms with Gasteiger partial charge >= 0.3 is 0 Å². The van der Waals surface area contributed by atoms with Crippen LogP contribution < -0.4 is 15.5 Å². The molecule has 0 unspecified atom stereocenters. The van der Waals surface area contributed by atoms with Crippen molar-refractivity contribution >= 4 is 17.5 Å². The Balaban J connectivity index is 1.51. The Hall–Kier alpha value is -2.77. The van der Waals surface area contributed by atoms with Crippen LogP contribution >= 0.6 is 0 Å². The van der Waals surface area contributed by atoms with Gasteiger partial charge in [0.2, 0.25) is 5.91 Å². The van der Waals surface area contributed by atoms with Crippen LogP contribution in [0.2, 0.25) is 0 Å². The molecule has 29 heavy (non-hydrogen) atoms. The van der Waals surface area contributed by atoms with Crippen molar-refractivity contribution < 1.29 is 23.6 Å². The Morgan fingerprint density at radius 1 is 1.03 bits per heavy atom. The molecule has 6 nitrogen and oxygen atoms in total. The van der Waals surface area contributed by atoms with E-state index in [4.69, 9.17) is 4.74 Å². The van der Waals surface area contributed by atoms with Crippen molar-refractivity contribution in [3.63, 3.8) is 0 Å². The summed E-state index contributed by atoms with van der Waals surface area (Å²) in [7, 11) is 0. The van der Waals surface area contributed by atoms with E-state index in [2.05, 4.69) is 10.6 Å². The molecule has 0 bridgehead atoms. The van der Waals surface area contributed by atoms with Gasteiger partial charge in [-0.25, -0.2) is 4.39 Å². The third kappa shape index (κ3) is 6.37. The standard InChI is InChI=1S/C22H26FN3O3/c23-19-8-3-1-6-17(19)16-21(27)25-20-9-4-2-7-18(20)22(28)24-10-5-11-26-12-14-29-15-13-26/h1-4,6-9H,5,10-16H2,(H,24,28)(H,25,27)/p+1. The minimum Gasteiger partial charge on any atom is -0.370 e. The molecule has 0 atom stereocenters. The molecule has 0 aromatic heterocycles. The van der Waals surface area contributed by atoms with Crippen LogP contribution in [0.1, 0.15) is 22.3 Å². The van der Waals surface area contributed by atoms with Crippen molar-refractivity contribution in [2.45, 2.75) is 12.8 Å². The van der Waals surface area contributed by atoms with Crippen LogP contribution in [0.25, 0.3) is 0 Å². The predicted molar refractivity (Wildman–Crippen MR) is 109 cm³/mol. The maximum Gasteiger partial charge on any atom is 0.253 e. The lowest BCUT2D eigenvalue weighted by atomic mass is 10.1. The number of carbonyl (C=O) groups excluding carboxylic acids is 2. The number of morpholine rings is 1. The summed E-state index contributed by atoms with van der Waals surface area (Å²) < 4.78 is 19.1. The largest absolute Gasteiger partial charge is 0.370 e. The maximum atomic E-state index is 13.8. The van der Waals surface area contributed by atoms with Crippen molar-refractivity contribution in [3.05, 3.63) is 65.5 Å². The molecule has 0 saturated carbocycles. The summed E-state index contributed by atoms with van der Waals surface area (Å²) in [5.74, 6) is -1.02. The van der Waals surface area contributed by atoms with Gasteiger partial charge in [0.05, 0.1) is 37.4 Å². The van der Waals surface area contributed by atoms with E-state index in [0.29, 0.717) is 23.4 Å². The fourth-order valence-corrected chi connectivity index (χ4v) is 3.34. The summed E-state index contributed by atoms with van der Waals surface area (Å²) in [5.41, 5.74) is 1.13. The van der Waals surface area contributed by atoms with E-state index in [1.807, 2.05) is 0 Å². The quantitative estimate of drug-likeness (QED) is 0.580. The zero-order valence-electron chi connectivity index (χ0n) is 16.4. The van der Waals surface area contributed by atoms with Gasteiger partial charge in [0.15, 0.2) is 0 Å². The zero-order valence-corrected chi connectivity index (χ0v) is 16.4. The van der Waals surface area contributed by atoms with Gasteiger partial charge in [0.25, 0.3) is 5.91 Å². The second-order valence-corrected chi connectivity index (χ2v) is 7.08. The normalized spacial score (nSPS) is 14.4. The van der Waals surface area contributed by atoms with Crippen molar-refractivity contribution in [1.29, 1.82) is 0 Å². The third-order valence-electron chi connectivity index (χ3n) is 4.95. The Kier molecular flexibility index (Phi) is 7.72. The number of carbonyl (C=O) groups is 2. The minimum absolute atomic E-state index is 0.0923. The Bertz CT molecular complexity index is 838. The second-order valence-electron chi connectivity index (χ2n) is 7.08. The second kappa shape index (κ2) is 10.7. The van der Waals surface area contributed by atoms with Gasteiger partial charge in [-0.2, -0.15) is 0 Å². The topological polar surface area (TPSA) is 71.9 Å². The number of hydrogen-bond acceptors (Lipinski definition) is 3. The number of ether oxygens (including phenoxy) is 1. The average molecular weight is 400 g/mol. The van der Waals surface area contributed by atoms with Crippen LogP contribution in [0, 0.1) is 5.82 Å². The lowest BCUT2D eigenvalue weighted by molar-refractivity contribution is -0.908. The highest BCUT2D eigenvalue weighted by Crippen LogP contribution is 2.16. The predicted octanol–water partition coefficient (Wildman–Crippen LogP) is 1.04. The third-order valence-corrected chi connectivity index (χ3v) is 4.95. The van der Waals surface area contributed by atoms with E-state index in [0.717, 1.165) is 39.3 Å². The molecule has 2 amide bonds. The smallest absolute Gasteiger partial charge is 0.253 e. The number of halogens is 1. The zero-order chi connectivity index (χ0) is 20.5. The highest BCUT2D eigenvalue weighted by atomic mass is 19.1. The lowest BCUT2D eigenvalue weighted by Crippen LogP contribution is -3.14. The summed E-state index contributed by atoms with van der Waals surface area (Å²) in [4.78, 5) is 26.4. The summed E-state index contributed by atoms with van der Waals surface area (Å²) in [6.07, 6.45) is 0.786. The van der Waals surface area contributed by atoms with E-state index in [1.54, 1.807) is 42.5 Å². The fourth-order valence-electron chi connectivity index (χ4n) is 3.34. The molecule has 2 aromatic carbocycles. The summed E-state index contributed by atoms with van der Waals surface area (Å²) in [6, 6.07) is 13.0. The molecule has 1 aliphatic rings. The first kappa shape index (κ1) is 21.0. The summed E-state index contributed by atoms with van der Waals surface area (Å²) >= 11 is 0.